The molecule has 0 bridgehead atoms. The second kappa shape index (κ2) is 5.32. The van der Waals surface area contributed by atoms with Gasteiger partial charge < -0.3 is 10.5 Å². The summed E-state index contributed by atoms with van der Waals surface area (Å²) in [5, 5.41) is 0. The first-order valence-electron chi connectivity index (χ1n) is 5.65. The summed E-state index contributed by atoms with van der Waals surface area (Å²) in [6, 6.07) is 3.61. The van der Waals surface area contributed by atoms with Crippen LogP contribution in [0.3, 0.4) is 0 Å². The van der Waals surface area contributed by atoms with E-state index in [4.69, 9.17) is 10.5 Å². The van der Waals surface area contributed by atoms with E-state index < -0.39 is 23.7 Å². The van der Waals surface area contributed by atoms with E-state index in [2.05, 4.69) is 15.0 Å². The lowest BCUT2D eigenvalue weighted by atomic mass is 10.2. The highest BCUT2D eigenvalue weighted by atomic mass is 19.4. The Morgan fingerprint density at radius 2 is 1.95 bits per heavy atom. The first-order valence-corrected chi connectivity index (χ1v) is 5.65. The maximum absolute atomic E-state index is 12.8. The molecule has 106 valence electrons. The van der Waals surface area contributed by atoms with Crippen LogP contribution in [0.15, 0.2) is 30.6 Å². The third kappa shape index (κ3) is 3.14. The van der Waals surface area contributed by atoms with Gasteiger partial charge in [-0.2, -0.15) is 13.2 Å². The third-order valence-electron chi connectivity index (χ3n) is 2.48. The standard InChI is InChI=1S/C12H11F3N4O/c1-7(9-4-6-18-11(16)19-9)20-10-8(12(13,14)15)3-2-5-17-10/h2-7H,1H3,(H2,16,18,19). The number of ether oxygens (including phenoxy) is 1. The summed E-state index contributed by atoms with van der Waals surface area (Å²) in [5.74, 6) is -0.473. The van der Waals surface area contributed by atoms with E-state index in [0.29, 0.717) is 5.69 Å². The summed E-state index contributed by atoms with van der Waals surface area (Å²) in [6.45, 7) is 1.55. The minimum absolute atomic E-state index is 0.0232. The molecule has 1 atom stereocenters. The molecule has 2 aromatic heterocycles. The lowest BCUT2D eigenvalue weighted by Crippen LogP contribution is -2.13. The van der Waals surface area contributed by atoms with Gasteiger partial charge in [0.2, 0.25) is 11.8 Å². The second-order valence-electron chi connectivity index (χ2n) is 3.95. The summed E-state index contributed by atoms with van der Waals surface area (Å²) in [5.41, 5.74) is 4.85. The summed E-state index contributed by atoms with van der Waals surface area (Å²) in [6.07, 6.45) is -2.64. The number of rotatable bonds is 3. The molecule has 0 amide bonds. The Hall–Kier alpha value is -2.38. The van der Waals surface area contributed by atoms with E-state index in [1.807, 2.05) is 0 Å². The monoisotopic (exact) mass is 284 g/mol. The van der Waals surface area contributed by atoms with E-state index in [1.165, 1.54) is 24.5 Å². The molecule has 0 aliphatic carbocycles. The molecule has 0 spiro atoms. The average Bonchev–Trinajstić information content (AvgIpc) is 2.38. The molecule has 5 nitrogen and oxygen atoms in total. The van der Waals surface area contributed by atoms with Crippen molar-refractivity contribution in [3.05, 3.63) is 41.9 Å². The Balaban J connectivity index is 2.26. The highest BCUT2D eigenvalue weighted by molar-refractivity contribution is 5.29. The number of alkyl halides is 3. The van der Waals surface area contributed by atoms with E-state index in [1.54, 1.807) is 6.92 Å². The van der Waals surface area contributed by atoms with Crippen molar-refractivity contribution in [3.8, 4) is 5.88 Å². The Labute approximate surface area is 112 Å². The van der Waals surface area contributed by atoms with Crippen LogP contribution in [-0.4, -0.2) is 15.0 Å². The molecule has 8 heteroatoms. The van der Waals surface area contributed by atoms with Gasteiger partial charge in [-0.05, 0) is 25.1 Å². The van der Waals surface area contributed by atoms with Crippen molar-refractivity contribution < 1.29 is 17.9 Å². The molecule has 0 saturated carbocycles. The zero-order chi connectivity index (χ0) is 14.8. The number of aromatic nitrogens is 3. The Bertz CT molecular complexity index is 603. The molecule has 0 aliphatic heterocycles. The first-order chi connectivity index (χ1) is 9.38. The molecule has 2 aromatic rings. The molecule has 1 unspecified atom stereocenters. The Morgan fingerprint density at radius 3 is 2.60 bits per heavy atom. The van der Waals surface area contributed by atoms with Crippen molar-refractivity contribution >= 4 is 5.95 Å². The SMILES string of the molecule is CC(Oc1ncccc1C(F)(F)F)c1ccnc(N)n1. The second-order valence-corrected chi connectivity index (χ2v) is 3.95. The zero-order valence-electron chi connectivity index (χ0n) is 10.4. The van der Waals surface area contributed by atoms with Crippen LogP contribution >= 0.6 is 0 Å². The van der Waals surface area contributed by atoms with E-state index in [9.17, 15) is 13.2 Å². The molecule has 2 rings (SSSR count). The molecular formula is C12H11F3N4O. The van der Waals surface area contributed by atoms with Crippen molar-refractivity contribution in [2.75, 3.05) is 5.73 Å². The Morgan fingerprint density at radius 1 is 1.20 bits per heavy atom. The van der Waals surface area contributed by atoms with Gasteiger partial charge in [0, 0.05) is 12.4 Å². The fraction of sp³-hybridized carbons (Fsp3) is 0.250. The van der Waals surface area contributed by atoms with Gasteiger partial charge in [-0.25, -0.2) is 15.0 Å². The molecular weight excluding hydrogens is 273 g/mol. The number of nitrogens with zero attached hydrogens (tertiary/aromatic N) is 3. The number of hydrogen-bond acceptors (Lipinski definition) is 5. The summed E-state index contributed by atoms with van der Waals surface area (Å²) >= 11 is 0. The molecule has 0 aliphatic rings. The minimum Gasteiger partial charge on any atom is -0.468 e. The smallest absolute Gasteiger partial charge is 0.421 e. The number of hydrogen-bond donors (Lipinski definition) is 1. The van der Waals surface area contributed by atoms with Crippen LogP contribution in [0.2, 0.25) is 0 Å². The van der Waals surface area contributed by atoms with E-state index >= 15 is 0 Å². The third-order valence-corrected chi connectivity index (χ3v) is 2.48. The van der Waals surface area contributed by atoms with Gasteiger partial charge >= 0.3 is 6.18 Å². The van der Waals surface area contributed by atoms with Gasteiger partial charge in [-0.1, -0.05) is 0 Å². The average molecular weight is 284 g/mol. The van der Waals surface area contributed by atoms with Crippen LogP contribution in [0.1, 0.15) is 24.3 Å². The first kappa shape index (κ1) is 14.0. The van der Waals surface area contributed by atoms with Gasteiger partial charge in [0.05, 0.1) is 5.69 Å². The predicted molar refractivity (Wildman–Crippen MR) is 64.7 cm³/mol. The molecule has 2 N–H and O–H groups in total. The van der Waals surface area contributed by atoms with Crippen molar-refractivity contribution in [2.24, 2.45) is 0 Å². The van der Waals surface area contributed by atoms with Gasteiger partial charge in [0.25, 0.3) is 0 Å². The normalized spacial score (nSPS) is 13.0. The summed E-state index contributed by atoms with van der Waals surface area (Å²) < 4.78 is 43.6. The number of anilines is 1. The highest BCUT2D eigenvalue weighted by Crippen LogP contribution is 2.36. The molecule has 0 aromatic carbocycles. The molecule has 2 heterocycles. The predicted octanol–water partition coefficient (Wildman–Crippen LogP) is 2.61. The van der Waals surface area contributed by atoms with Gasteiger partial charge in [0.1, 0.15) is 11.7 Å². The van der Waals surface area contributed by atoms with Gasteiger partial charge in [-0.15, -0.1) is 0 Å². The number of nitrogens with two attached hydrogens (primary N) is 1. The number of pyridine rings is 1. The van der Waals surface area contributed by atoms with Crippen molar-refractivity contribution in [3.63, 3.8) is 0 Å². The fourth-order valence-electron chi connectivity index (χ4n) is 1.54. The van der Waals surface area contributed by atoms with Crippen LogP contribution in [0.4, 0.5) is 19.1 Å². The quantitative estimate of drug-likeness (QED) is 0.937. The molecule has 0 radical (unpaired) electrons. The lowest BCUT2D eigenvalue weighted by molar-refractivity contribution is -0.139. The molecule has 0 saturated heterocycles. The fourth-order valence-corrected chi connectivity index (χ4v) is 1.54. The topological polar surface area (TPSA) is 73.9 Å². The van der Waals surface area contributed by atoms with Crippen LogP contribution in [0, 0.1) is 0 Å². The Kier molecular flexibility index (Phi) is 3.73. The summed E-state index contributed by atoms with van der Waals surface area (Å²) in [7, 11) is 0. The van der Waals surface area contributed by atoms with Crippen LogP contribution in [0.5, 0.6) is 5.88 Å². The highest BCUT2D eigenvalue weighted by Gasteiger charge is 2.35. The van der Waals surface area contributed by atoms with Gasteiger partial charge in [-0.3, -0.25) is 0 Å². The number of halogens is 3. The van der Waals surface area contributed by atoms with Crippen LogP contribution in [-0.2, 0) is 6.18 Å². The molecule has 0 fully saturated rings. The van der Waals surface area contributed by atoms with E-state index in [-0.39, 0.29) is 5.95 Å². The van der Waals surface area contributed by atoms with Gasteiger partial charge in [0.15, 0.2) is 0 Å². The molecule has 20 heavy (non-hydrogen) atoms. The lowest BCUT2D eigenvalue weighted by Gasteiger charge is -2.17. The zero-order valence-corrected chi connectivity index (χ0v) is 10.4. The van der Waals surface area contributed by atoms with Crippen molar-refractivity contribution in [2.45, 2.75) is 19.2 Å². The van der Waals surface area contributed by atoms with Crippen LogP contribution < -0.4 is 10.5 Å². The van der Waals surface area contributed by atoms with Crippen molar-refractivity contribution in [1.82, 2.24) is 15.0 Å². The summed E-state index contributed by atoms with van der Waals surface area (Å²) in [4.78, 5) is 11.2. The maximum Gasteiger partial charge on any atom is 0.421 e. The number of nitrogen functional groups attached to an aromatic ring is 1. The largest absolute Gasteiger partial charge is 0.468 e. The van der Waals surface area contributed by atoms with Crippen molar-refractivity contribution in [1.29, 1.82) is 0 Å². The van der Waals surface area contributed by atoms with E-state index in [0.717, 1.165) is 6.07 Å². The maximum atomic E-state index is 12.8. The van der Waals surface area contributed by atoms with Crippen LogP contribution in [0.25, 0.3) is 0 Å². The minimum atomic E-state index is -4.53.